The molecule has 1 aromatic heterocycles. The zero-order valence-corrected chi connectivity index (χ0v) is 11.7. The molecular formula is C16H19N3O. The van der Waals surface area contributed by atoms with Crippen LogP contribution in [0.25, 0.3) is 11.3 Å². The standard InChI is InChI=1S/C16H19N3O/c1-2-14-11-15(18-20-14)12-5-7-13(8-6-12)16(17)19-9-3-4-10-19/h5-8,11,17H,2-4,9-10H2,1H3. The topological polar surface area (TPSA) is 53.1 Å². The molecule has 20 heavy (non-hydrogen) atoms. The molecule has 1 N–H and O–H groups in total. The lowest BCUT2D eigenvalue weighted by molar-refractivity contribution is 0.389. The summed E-state index contributed by atoms with van der Waals surface area (Å²) in [5.74, 6) is 1.53. The molecule has 4 heteroatoms. The first-order valence-corrected chi connectivity index (χ1v) is 7.18. The molecule has 1 aliphatic rings. The summed E-state index contributed by atoms with van der Waals surface area (Å²) >= 11 is 0. The molecule has 2 aromatic rings. The number of rotatable bonds is 3. The number of nitrogens with zero attached hydrogens (tertiary/aromatic N) is 2. The highest BCUT2D eigenvalue weighted by molar-refractivity contribution is 5.96. The Morgan fingerprint density at radius 2 is 1.95 bits per heavy atom. The van der Waals surface area contributed by atoms with E-state index < -0.39 is 0 Å². The van der Waals surface area contributed by atoms with Crippen molar-refractivity contribution in [3.05, 3.63) is 41.7 Å². The second-order valence-corrected chi connectivity index (χ2v) is 5.15. The van der Waals surface area contributed by atoms with Crippen LogP contribution in [0.1, 0.15) is 31.1 Å². The van der Waals surface area contributed by atoms with E-state index >= 15 is 0 Å². The Kier molecular flexibility index (Phi) is 3.54. The van der Waals surface area contributed by atoms with E-state index in [1.165, 1.54) is 12.8 Å². The first kappa shape index (κ1) is 12.9. The molecule has 0 spiro atoms. The zero-order chi connectivity index (χ0) is 13.9. The van der Waals surface area contributed by atoms with Crippen LogP contribution in [0.5, 0.6) is 0 Å². The highest BCUT2D eigenvalue weighted by Crippen LogP contribution is 2.21. The summed E-state index contributed by atoms with van der Waals surface area (Å²) in [6.07, 6.45) is 3.24. The smallest absolute Gasteiger partial charge is 0.137 e. The summed E-state index contributed by atoms with van der Waals surface area (Å²) in [5, 5.41) is 12.3. The summed E-state index contributed by atoms with van der Waals surface area (Å²) < 4.78 is 5.23. The van der Waals surface area contributed by atoms with Gasteiger partial charge in [0, 0.05) is 36.7 Å². The molecule has 0 aliphatic carbocycles. The number of aryl methyl sites for hydroxylation is 1. The summed E-state index contributed by atoms with van der Waals surface area (Å²) in [4.78, 5) is 2.14. The number of amidine groups is 1. The van der Waals surface area contributed by atoms with Crippen LogP contribution in [0.4, 0.5) is 0 Å². The lowest BCUT2D eigenvalue weighted by Gasteiger charge is -2.18. The van der Waals surface area contributed by atoms with Crippen molar-refractivity contribution in [1.82, 2.24) is 10.1 Å². The van der Waals surface area contributed by atoms with Crippen LogP contribution in [0.3, 0.4) is 0 Å². The van der Waals surface area contributed by atoms with Crippen LogP contribution in [-0.2, 0) is 6.42 Å². The van der Waals surface area contributed by atoms with Crippen LogP contribution >= 0.6 is 0 Å². The van der Waals surface area contributed by atoms with Crippen molar-refractivity contribution in [1.29, 1.82) is 5.41 Å². The van der Waals surface area contributed by atoms with Crippen molar-refractivity contribution in [2.24, 2.45) is 0 Å². The molecular weight excluding hydrogens is 250 g/mol. The van der Waals surface area contributed by atoms with E-state index in [-0.39, 0.29) is 0 Å². The fraction of sp³-hybridized carbons (Fsp3) is 0.375. The predicted octanol–water partition coefficient (Wildman–Crippen LogP) is 3.33. The lowest BCUT2D eigenvalue weighted by Crippen LogP contribution is -2.27. The van der Waals surface area contributed by atoms with Gasteiger partial charge in [0.15, 0.2) is 0 Å². The van der Waals surface area contributed by atoms with Crippen LogP contribution in [0, 0.1) is 5.41 Å². The highest BCUT2D eigenvalue weighted by Gasteiger charge is 2.16. The van der Waals surface area contributed by atoms with Gasteiger partial charge in [0.05, 0.1) is 0 Å². The minimum Gasteiger partial charge on any atom is -0.361 e. The Morgan fingerprint density at radius 1 is 1.25 bits per heavy atom. The number of hydrogen-bond acceptors (Lipinski definition) is 3. The van der Waals surface area contributed by atoms with E-state index in [1.807, 2.05) is 37.3 Å². The Labute approximate surface area is 118 Å². The molecule has 3 rings (SSSR count). The maximum atomic E-state index is 8.23. The van der Waals surface area contributed by atoms with Gasteiger partial charge in [-0.3, -0.25) is 5.41 Å². The molecule has 4 nitrogen and oxygen atoms in total. The Bertz CT molecular complexity index is 594. The number of likely N-dealkylation sites (tertiary alicyclic amines) is 1. The number of benzene rings is 1. The van der Waals surface area contributed by atoms with Gasteiger partial charge in [-0.15, -0.1) is 0 Å². The zero-order valence-electron chi connectivity index (χ0n) is 11.7. The van der Waals surface area contributed by atoms with Gasteiger partial charge in [0.1, 0.15) is 17.3 Å². The summed E-state index contributed by atoms with van der Waals surface area (Å²) in [6.45, 7) is 4.05. The van der Waals surface area contributed by atoms with Crippen LogP contribution in [0.15, 0.2) is 34.9 Å². The fourth-order valence-corrected chi connectivity index (χ4v) is 2.54. The van der Waals surface area contributed by atoms with Crippen molar-refractivity contribution in [3.8, 4) is 11.3 Å². The van der Waals surface area contributed by atoms with Gasteiger partial charge in [-0.05, 0) is 12.8 Å². The van der Waals surface area contributed by atoms with Gasteiger partial charge in [-0.1, -0.05) is 36.3 Å². The minimum absolute atomic E-state index is 0.628. The first-order valence-electron chi connectivity index (χ1n) is 7.18. The molecule has 1 aromatic carbocycles. The Hall–Kier alpha value is -2.10. The van der Waals surface area contributed by atoms with Crippen LogP contribution < -0.4 is 0 Å². The Morgan fingerprint density at radius 3 is 2.55 bits per heavy atom. The summed E-state index contributed by atoms with van der Waals surface area (Å²) in [5.41, 5.74) is 2.86. The van der Waals surface area contributed by atoms with Gasteiger partial charge < -0.3 is 9.42 Å². The summed E-state index contributed by atoms with van der Waals surface area (Å²) in [6, 6.07) is 9.99. The molecule has 1 aliphatic heterocycles. The van der Waals surface area contributed by atoms with Gasteiger partial charge in [0.25, 0.3) is 0 Å². The number of nitrogens with one attached hydrogen (secondary N) is 1. The molecule has 0 saturated carbocycles. The molecule has 0 radical (unpaired) electrons. The van der Waals surface area contributed by atoms with Crippen molar-refractivity contribution in [3.63, 3.8) is 0 Å². The third kappa shape index (κ3) is 2.46. The normalized spacial score (nSPS) is 14.8. The average molecular weight is 269 g/mol. The maximum absolute atomic E-state index is 8.23. The quantitative estimate of drug-likeness (QED) is 0.687. The largest absolute Gasteiger partial charge is 0.361 e. The van der Waals surface area contributed by atoms with E-state index in [9.17, 15) is 0 Å². The predicted molar refractivity (Wildman–Crippen MR) is 79.0 cm³/mol. The monoisotopic (exact) mass is 269 g/mol. The van der Waals surface area contributed by atoms with E-state index in [1.54, 1.807) is 0 Å². The van der Waals surface area contributed by atoms with Crippen molar-refractivity contribution < 1.29 is 4.52 Å². The van der Waals surface area contributed by atoms with Crippen LogP contribution in [0.2, 0.25) is 0 Å². The lowest BCUT2D eigenvalue weighted by atomic mass is 10.1. The SMILES string of the molecule is CCc1cc(-c2ccc(C(=N)N3CCCC3)cc2)no1. The first-order chi connectivity index (χ1) is 9.78. The molecule has 1 fully saturated rings. The van der Waals surface area contributed by atoms with Crippen molar-refractivity contribution >= 4 is 5.84 Å². The number of hydrogen-bond donors (Lipinski definition) is 1. The third-order valence-corrected chi connectivity index (χ3v) is 3.78. The summed E-state index contributed by atoms with van der Waals surface area (Å²) in [7, 11) is 0. The van der Waals surface area contributed by atoms with Gasteiger partial charge in [0.2, 0.25) is 0 Å². The molecule has 0 amide bonds. The molecule has 0 unspecified atom stereocenters. The minimum atomic E-state index is 0.628. The van der Waals surface area contributed by atoms with Crippen LogP contribution in [-0.4, -0.2) is 29.0 Å². The fourth-order valence-electron chi connectivity index (χ4n) is 2.54. The van der Waals surface area contributed by atoms with Gasteiger partial charge >= 0.3 is 0 Å². The molecule has 0 bridgehead atoms. The second-order valence-electron chi connectivity index (χ2n) is 5.15. The molecule has 0 atom stereocenters. The van der Waals surface area contributed by atoms with Crippen molar-refractivity contribution in [2.45, 2.75) is 26.2 Å². The average Bonchev–Trinajstić information content (AvgIpc) is 3.18. The third-order valence-electron chi connectivity index (χ3n) is 3.78. The van der Waals surface area contributed by atoms with Gasteiger partial charge in [-0.25, -0.2) is 0 Å². The highest BCUT2D eigenvalue weighted by atomic mass is 16.5. The van der Waals surface area contributed by atoms with E-state index in [4.69, 9.17) is 9.93 Å². The number of aromatic nitrogens is 1. The van der Waals surface area contributed by atoms with Crippen molar-refractivity contribution in [2.75, 3.05) is 13.1 Å². The van der Waals surface area contributed by atoms with Gasteiger partial charge in [-0.2, -0.15) is 0 Å². The van der Waals surface area contributed by atoms with E-state index in [0.29, 0.717) is 5.84 Å². The maximum Gasteiger partial charge on any atom is 0.137 e. The molecule has 2 heterocycles. The van der Waals surface area contributed by atoms with E-state index in [2.05, 4.69) is 10.1 Å². The molecule has 1 saturated heterocycles. The Balaban J connectivity index is 1.78. The molecule has 104 valence electrons. The van der Waals surface area contributed by atoms with E-state index in [0.717, 1.165) is 42.1 Å². The second kappa shape index (κ2) is 5.49.